The Kier molecular flexibility index (Phi) is 3.87. The first kappa shape index (κ1) is 4.93. The summed E-state index contributed by atoms with van der Waals surface area (Å²) in [6, 6.07) is 0. The molecular formula is C2H5B2N. The van der Waals surface area contributed by atoms with Crippen molar-refractivity contribution in [1.29, 1.82) is 0 Å². The molecular weight excluding hydrogens is 59.7 g/mol. The van der Waals surface area contributed by atoms with Gasteiger partial charge in [-0.15, -0.1) is 0 Å². The Morgan fingerprint density at radius 2 is 2.60 bits per heavy atom. The van der Waals surface area contributed by atoms with Crippen LogP contribution in [0.4, 0.5) is 0 Å². The van der Waals surface area contributed by atoms with Gasteiger partial charge in [0, 0.05) is 0 Å². The fourth-order valence-corrected chi connectivity index (χ4v) is 0.105. The predicted octanol–water partition coefficient (Wildman–Crippen LogP) is -0.0224. The minimum atomic E-state index is 0.788. The van der Waals surface area contributed by atoms with E-state index in [0.717, 1.165) is 6.54 Å². The molecule has 0 aromatic heterocycles. The molecule has 5 heavy (non-hydrogen) atoms. The van der Waals surface area contributed by atoms with Gasteiger partial charge in [0.05, 0.1) is 0 Å². The van der Waals surface area contributed by atoms with Gasteiger partial charge in [0.15, 0.2) is 0 Å². The van der Waals surface area contributed by atoms with Crippen LogP contribution in [0.1, 0.15) is 6.92 Å². The third kappa shape index (κ3) is 3.93. The fourth-order valence-electron chi connectivity index (χ4n) is 0.105. The van der Waals surface area contributed by atoms with Crippen LogP contribution in [0.2, 0.25) is 0 Å². The third-order valence-corrected chi connectivity index (χ3v) is 0.288. The van der Waals surface area contributed by atoms with E-state index in [9.17, 15) is 0 Å². The van der Waals surface area contributed by atoms with Crippen molar-refractivity contribution >= 4 is 14.7 Å². The molecule has 2 radical (unpaired) electrons. The van der Waals surface area contributed by atoms with Gasteiger partial charge in [0.25, 0.3) is 0 Å². The van der Waals surface area contributed by atoms with Crippen molar-refractivity contribution in [3.05, 3.63) is 0 Å². The quantitative estimate of drug-likeness (QED) is 0.380. The second kappa shape index (κ2) is 3.93. The minimum absolute atomic E-state index is 0.788. The van der Waals surface area contributed by atoms with Crippen LogP contribution >= 0.6 is 0 Å². The van der Waals surface area contributed by atoms with Crippen LogP contribution in [-0.4, -0.2) is 21.2 Å². The van der Waals surface area contributed by atoms with Crippen molar-refractivity contribution in [3.63, 3.8) is 0 Å². The molecule has 0 aliphatic carbocycles. The monoisotopic (exact) mass is 65.1 g/mol. The van der Waals surface area contributed by atoms with Crippen molar-refractivity contribution in [3.8, 4) is 0 Å². The van der Waals surface area contributed by atoms with E-state index in [-0.39, 0.29) is 0 Å². The standard InChI is InChI=1S/C2H5B2N/c1-2-5-4-3/h2H2,1H3. The molecule has 0 aliphatic rings. The van der Waals surface area contributed by atoms with Crippen LogP contribution in [-0.2, 0) is 0 Å². The molecule has 0 rings (SSSR count). The van der Waals surface area contributed by atoms with Gasteiger partial charge in [-0.05, 0) is 0 Å². The van der Waals surface area contributed by atoms with E-state index >= 15 is 0 Å². The summed E-state index contributed by atoms with van der Waals surface area (Å²) < 4.78 is 0. The molecule has 0 aliphatic heterocycles. The molecule has 0 spiro atoms. The van der Waals surface area contributed by atoms with Gasteiger partial charge in [-0.3, -0.25) is 0 Å². The molecule has 24 valence electrons. The molecule has 0 N–H and O–H groups in total. The summed E-state index contributed by atoms with van der Waals surface area (Å²) in [7, 11) is 4.85. The van der Waals surface area contributed by atoms with E-state index in [4.69, 9.17) is 7.74 Å². The Labute approximate surface area is 34.1 Å². The number of hydrogen-bond acceptors (Lipinski definition) is 1. The van der Waals surface area contributed by atoms with Gasteiger partial charge in [-0.2, -0.15) is 0 Å². The molecule has 1 nitrogen and oxygen atoms in total. The Bertz CT molecular complexity index is 34.6. The summed E-state index contributed by atoms with van der Waals surface area (Å²) in [6.45, 7) is 4.03. The van der Waals surface area contributed by atoms with Crippen LogP contribution in [0.5, 0.6) is 0 Å². The van der Waals surface area contributed by atoms with Crippen molar-refractivity contribution < 1.29 is 0 Å². The number of rotatable bonds is 1. The van der Waals surface area contributed by atoms with Crippen molar-refractivity contribution in [2.45, 2.75) is 6.92 Å². The Morgan fingerprint density at radius 1 is 2.00 bits per heavy atom. The molecule has 0 unspecified atom stereocenters. The van der Waals surface area contributed by atoms with Gasteiger partial charge in [-0.1, -0.05) is 0 Å². The van der Waals surface area contributed by atoms with Crippen molar-refractivity contribution in [1.82, 2.24) is 0 Å². The maximum absolute atomic E-state index is 4.85. The average Bonchev–Trinajstić information content (AvgIpc) is 1.41. The van der Waals surface area contributed by atoms with Crippen LogP contribution in [0.15, 0.2) is 4.90 Å². The molecule has 0 bridgehead atoms. The second-order valence-electron chi connectivity index (χ2n) is 0.648. The first-order valence-electron chi connectivity index (χ1n) is 1.61. The zero-order chi connectivity index (χ0) is 4.12. The summed E-state index contributed by atoms with van der Waals surface area (Å²) in [5, 5.41) is 0. The van der Waals surface area contributed by atoms with Gasteiger partial charge in [0.1, 0.15) is 0 Å². The molecule has 0 atom stereocenters. The second-order valence-corrected chi connectivity index (χ2v) is 0.648. The Balaban J connectivity index is 2.62. The molecule has 0 saturated heterocycles. The van der Waals surface area contributed by atoms with E-state index in [2.05, 4.69) is 4.90 Å². The van der Waals surface area contributed by atoms with E-state index in [1.54, 1.807) is 0 Å². The molecule has 3 heteroatoms. The Hall–Kier alpha value is -0.0701. The molecule has 0 heterocycles. The molecule has 0 aromatic rings. The topological polar surface area (TPSA) is 12.4 Å². The van der Waals surface area contributed by atoms with Crippen molar-refractivity contribution in [2.24, 2.45) is 4.90 Å². The van der Waals surface area contributed by atoms with Crippen LogP contribution < -0.4 is 0 Å². The molecule has 0 fully saturated rings. The van der Waals surface area contributed by atoms with E-state index < -0.39 is 0 Å². The van der Waals surface area contributed by atoms with Gasteiger partial charge < -0.3 is 0 Å². The number of nitrogens with zero attached hydrogens (tertiary/aromatic N) is 1. The molecule has 0 aromatic carbocycles. The van der Waals surface area contributed by atoms with Gasteiger partial charge in [-0.25, -0.2) is 0 Å². The summed E-state index contributed by atoms with van der Waals surface area (Å²) >= 11 is 0. The van der Waals surface area contributed by atoms with Crippen LogP contribution in [0, 0.1) is 0 Å². The SMILES string of the molecule is [B]B=NCC. The zero-order valence-corrected chi connectivity index (χ0v) is 3.31. The van der Waals surface area contributed by atoms with Crippen LogP contribution in [0.3, 0.4) is 0 Å². The zero-order valence-electron chi connectivity index (χ0n) is 3.31. The first-order valence-corrected chi connectivity index (χ1v) is 1.61. The van der Waals surface area contributed by atoms with E-state index in [1.807, 2.05) is 6.92 Å². The van der Waals surface area contributed by atoms with Crippen molar-refractivity contribution in [2.75, 3.05) is 6.54 Å². The number of hydrogen-bond donors (Lipinski definition) is 0. The third-order valence-electron chi connectivity index (χ3n) is 0.288. The fraction of sp³-hybridized carbons (Fsp3) is 1.00. The Morgan fingerprint density at radius 3 is 2.60 bits per heavy atom. The first-order chi connectivity index (χ1) is 2.41. The summed E-state index contributed by atoms with van der Waals surface area (Å²) in [4.78, 5) is 3.62. The van der Waals surface area contributed by atoms with E-state index in [1.165, 1.54) is 6.96 Å². The average molecular weight is 64.7 g/mol. The van der Waals surface area contributed by atoms with Crippen LogP contribution in [0.25, 0.3) is 0 Å². The maximum atomic E-state index is 4.85. The summed E-state index contributed by atoms with van der Waals surface area (Å²) in [5.74, 6) is 0. The van der Waals surface area contributed by atoms with E-state index in [0.29, 0.717) is 0 Å². The molecule has 0 amide bonds. The predicted molar refractivity (Wildman–Crippen MR) is 24.5 cm³/mol. The molecule has 0 saturated carbocycles. The summed E-state index contributed by atoms with van der Waals surface area (Å²) in [5.41, 5.74) is 0. The van der Waals surface area contributed by atoms with Gasteiger partial charge >= 0.3 is 33.1 Å². The normalized spacial score (nSPS) is 8.20. The van der Waals surface area contributed by atoms with Gasteiger partial charge in [0.2, 0.25) is 0 Å². The summed E-state index contributed by atoms with van der Waals surface area (Å²) in [6.07, 6.45) is 0.